The molecule has 0 aliphatic heterocycles. The zero-order valence-corrected chi connectivity index (χ0v) is 14.2. The maximum Gasteiger partial charge on any atom is 0.416 e. The minimum Gasteiger partial charge on any atom is -0.382 e. The van der Waals surface area contributed by atoms with Crippen LogP contribution >= 0.6 is 11.3 Å². The largest absolute Gasteiger partial charge is 0.416 e. The molecule has 2 rings (SSSR count). The Morgan fingerprint density at radius 1 is 1.24 bits per heavy atom. The highest BCUT2D eigenvalue weighted by molar-refractivity contribution is 7.15. The number of rotatable bonds is 8. The van der Waals surface area contributed by atoms with Crippen molar-refractivity contribution in [2.45, 2.75) is 12.6 Å². The van der Waals surface area contributed by atoms with Gasteiger partial charge in [0.05, 0.1) is 18.8 Å². The molecule has 0 saturated heterocycles. The molecular weight excluding hydrogens is 357 g/mol. The van der Waals surface area contributed by atoms with Crippen LogP contribution in [0.2, 0.25) is 0 Å². The molecule has 0 bridgehead atoms. The van der Waals surface area contributed by atoms with Gasteiger partial charge in [-0.15, -0.1) is 11.3 Å². The molecule has 0 aliphatic carbocycles. The minimum atomic E-state index is -4.34. The highest BCUT2D eigenvalue weighted by Gasteiger charge is 2.29. The summed E-state index contributed by atoms with van der Waals surface area (Å²) >= 11 is 1.26. The number of aromatic nitrogens is 1. The Labute approximate surface area is 146 Å². The molecule has 1 aromatic heterocycles. The molecule has 2 aromatic rings. The van der Waals surface area contributed by atoms with Crippen LogP contribution in [0.5, 0.6) is 0 Å². The Bertz CT molecular complexity index is 687. The maximum atomic E-state index is 12.5. The van der Waals surface area contributed by atoms with Crippen LogP contribution in [0.1, 0.15) is 16.0 Å². The normalized spacial score (nSPS) is 11.5. The fraction of sp³-hybridized carbons (Fsp3) is 0.375. The molecule has 1 amide bonds. The van der Waals surface area contributed by atoms with Crippen molar-refractivity contribution in [3.8, 4) is 0 Å². The number of hydrogen-bond acceptors (Lipinski definition) is 5. The number of ether oxygens (including phenoxy) is 2. The molecule has 136 valence electrons. The summed E-state index contributed by atoms with van der Waals surface area (Å²) in [5.74, 6) is -0.327. The van der Waals surface area contributed by atoms with E-state index in [9.17, 15) is 18.0 Å². The molecule has 25 heavy (non-hydrogen) atoms. The summed E-state index contributed by atoms with van der Waals surface area (Å²) in [5, 5.41) is 3.03. The van der Waals surface area contributed by atoms with Gasteiger partial charge in [-0.3, -0.25) is 10.1 Å². The molecule has 0 fully saturated rings. The number of halogens is 3. The van der Waals surface area contributed by atoms with Crippen molar-refractivity contribution in [1.82, 2.24) is 4.98 Å². The van der Waals surface area contributed by atoms with Gasteiger partial charge < -0.3 is 9.47 Å². The minimum absolute atomic E-state index is 0.100. The molecule has 1 heterocycles. The Morgan fingerprint density at radius 3 is 2.60 bits per heavy atom. The SMILES string of the molecule is COCCOCC(=O)Nc1ncc(Cc2ccc(C(F)(F)F)cc2)s1. The van der Waals surface area contributed by atoms with Gasteiger partial charge in [0.1, 0.15) is 6.61 Å². The van der Waals surface area contributed by atoms with Crippen molar-refractivity contribution in [2.24, 2.45) is 0 Å². The first kappa shape index (κ1) is 19.4. The molecule has 0 aliphatic rings. The number of carbonyl (C=O) groups is 1. The van der Waals surface area contributed by atoms with Gasteiger partial charge in [0.15, 0.2) is 5.13 Å². The summed E-state index contributed by atoms with van der Waals surface area (Å²) in [5.41, 5.74) is 0.0550. The standard InChI is InChI=1S/C16H17F3N2O3S/c1-23-6-7-24-10-14(22)21-15-20-9-13(25-15)8-11-2-4-12(5-3-11)16(17,18)19/h2-5,9H,6-8,10H2,1H3,(H,20,21,22). The van der Waals surface area contributed by atoms with Gasteiger partial charge in [0.25, 0.3) is 5.91 Å². The third-order valence-electron chi connectivity index (χ3n) is 3.12. The Balaban J connectivity index is 1.85. The van der Waals surface area contributed by atoms with Crippen molar-refractivity contribution < 1.29 is 27.4 Å². The Kier molecular flexibility index (Phi) is 6.91. The zero-order chi connectivity index (χ0) is 18.3. The van der Waals surface area contributed by atoms with Gasteiger partial charge in [-0.2, -0.15) is 13.2 Å². The highest BCUT2D eigenvalue weighted by atomic mass is 32.1. The second-order valence-corrected chi connectivity index (χ2v) is 6.21. The van der Waals surface area contributed by atoms with Gasteiger partial charge >= 0.3 is 6.18 Å². The number of nitrogens with zero attached hydrogens (tertiary/aromatic N) is 1. The van der Waals surface area contributed by atoms with Crippen LogP contribution in [0.4, 0.5) is 18.3 Å². The van der Waals surface area contributed by atoms with E-state index in [1.165, 1.54) is 30.6 Å². The van der Waals surface area contributed by atoms with Crippen LogP contribution in [0.15, 0.2) is 30.5 Å². The van der Waals surface area contributed by atoms with E-state index < -0.39 is 11.7 Å². The summed E-state index contributed by atoms with van der Waals surface area (Å²) in [6.45, 7) is 0.625. The van der Waals surface area contributed by atoms with E-state index in [2.05, 4.69) is 10.3 Å². The van der Waals surface area contributed by atoms with E-state index in [0.29, 0.717) is 24.8 Å². The molecule has 0 radical (unpaired) electrons. The second kappa shape index (κ2) is 8.93. The summed E-state index contributed by atoms with van der Waals surface area (Å²) in [7, 11) is 1.54. The Morgan fingerprint density at radius 2 is 1.96 bits per heavy atom. The number of nitrogens with one attached hydrogen (secondary N) is 1. The van der Waals surface area contributed by atoms with E-state index in [-0.39, 0.29) is 12.5 Å². The molecule has 0 spiro atoms. The fourth-order valence-electron chi connectivity index (χ4n) is 1.92. The third kappa shape index (κ3) is 6.45. The number of amides is 1. The summed E-state index contributed by atoms with van der Waals surface area (Å²) in [6.07, 6.45) is -2.31. The molecule has 5 nitrogen and oxygen atoms in total. The van der Waals surface area contributed by atoms with E-state index >= 15 is 0 Å². The summed E-state index contributed by atoms with van der Waals surface area (Å²) in [6, 6.07) is 4.97. The first-order valence-corrected chi connectivity index (χ1v) is 8.17. The van der Waals surface area contributed by atoms with E-state index in [4.69, 9.17) is 9.47 Å². The average molecular weight is 374 g/mol. The quantitative estimate of drug-likeness (QED) is 0.720. The van der Waals surface area contributed by atoms with Gasteiger partial charge in [-0.05, 0) is 17.7 Å². The van der Waals surface area contributed by atoms with Crippen molar-refractivity contribution >= 4 is 22.4 Å². The summed E-state index contributed by atoms with van der Waals surface area (Å²) < 4.78 is 47.5. The van der Waals surface area contributed by atoms with Gasteiger partial charge in [0, 0.05) is 24.6 Å². The number of methoxy groups -OCH3 is 1. The molecule has 0 atom stereocenters. The monoisotopic (exact) mass is 374 g/mol. The van der Waals surface area contributed by atoms with Crippen molar-refractivity contribution in [3.63, 3.8) is 0 Å². The van der Waals surface area contributed by atoms with Crippen LogP contribution in [0.3, 0.4) is 0 Å². The van der Waals surface area contributed by atoms with Crippen LogP contribution < -0.4 is 5.32 Å². The van der Waals surface area contributed by atoms with E-state index in [1.807, 2.05) is 0 Å². The van der Waals surface area contributed by atoms with Gasteiger partial charge in [-0.25, -0.2) is 4.98 Å². The number of anilines is 1. The van der Waals surface area contributed by atoms with Crippen molar-refractivity contribution in [1.29, 1.82) is 0 Å². The maximum absolute atomic E-state index is 12.5. The lowest BCUT2D eigenvalue weighted by Crippen LogP contribution is -2.19. The van der Waals surface area contributed by atoms with E-state index in [0.717, 1.165) is 22.6 Å². The highest BCUT2D eigenvalue weighted by Crippen LogP contribution is 2.29. The van der Waals surface area contributed by atoms with Crippen LogP contribution in [-0.4, -0.2) is 37.8 Å². The third-order valence-corrected chi connectivity index (χ3v) is 4.04. The number of benzene rings is 1. The number of alkyl halides is 3. The van der Waals surface area contributed by atoms with Crippen molar-refractivity contribution in [2.75, 3.05) is 32.2 Å². The first-order chi connectivity index (χ1) is 11.9. The molecule has 0 saturated carbocycles. The molecule has 9 heteroatoms. The average Bonchev–Trinajstić information content (AvgIpc) is 2.98. The van der Waals surface area contributed by atoms with E-state index in [1.54, 1.807) is 6.20 Å². The lowest BCUT2D eigenvalue weighted by atomic mass is 10.1. The van der Waals surface area contributed by atoms with Crippen molar-refractivity contribution in [3.05, 3.63) is 46.5 Å². The lowest BCUT2D eigenvalue weighted by Gasteiger charge is -2.06. The topological polar surface area (TPSA) is 60.5 Å². The lowest BCUT2D eigenvalue weighted by molar-refractivity contribution is -0.137. The first-order valence-electron chi connectivity index (χ1n) is 7.36. The van der Waals surface area contributed by atoms with Crippen LogP contribution in [0.25, 0.3) is 0 Å². The number of thiazole rings is 1. The molecule has 0 unspecified atom stereocenters. The predicted octanol–water partition coefficient (Wildman–Crippen LogP) is 3.35. The number of carbonyl (C=O) groups excluding carboxylic acids is 1. The molecule has 1 N–H and O–H groups in total. The van der Waals surface area contributed by atoms with Gasteiger partial charge in [0.2, 0.25) is 0 Å². The smallest absolute Gasteiger partial charge is 0.382 e. The van der Waals surface area contributed by atoms with Gasteiger partial charge in [-0.1, -0.05) is 12.1 Å². The zero-order valence-electron chi connectivity index (χ0n) is 13.4. The second-order valence-electron chi connectivity index (χ2n) is 5.10. The van der Waals surface area contributed by atoms with Crippen LogP contribution in [0, 0.1) is 0 Å². The van der Waals surface area contributed by atoms with Crippen LogP contribution in [-0.2, 0) is 26.9 Å². The predicted molar refractivity (Wildman–Crippen MR) is 87.7 cm³/mol. The molecule has 1 aromatic carbocycles. The number of hydrogen-bond donors (Lipinski definition) is 1. The Hall–Kier alpha value is -1.97. The fourth-order valence-corrected chi connectivity index (χ4v) is 2.79. The summed E-state index contributed by atoms with van der Waals surface area (Å²) in [4.78, 5) is 16.6. The molecular formula is C16H17F3N2O3S.